The first-order valence-electron chi connectivity index (χ1n) is 9.41. The standard InChI is InChI=1S/C24H17N3O4/c1-31-18-11-7-16(8-12-18)22(28)20-21(19-4-2-3-13-26-19)27(24(30)23(20)29)17-9-5-15(14-25)6-10-17/h2-13,21,28H,1H3/b22-20-. The molecule has 0 bridgehead atoms. The molecule has 1 fully saturated rings. The molecule has 3 aromatic rings. The summed E-state index contributed by atoms with van der Waals surface area (Å²) in [5, 5.41) is 20.1. The number of rotatable bonds is 4. The molecular weight excluding hydrogens is 394 g/mol. The average molecular weight is 411 g/mol. The van der Waals surface area contributed by atoms with Crippen molar-refractivity contribution in [3.8, 4) is 11.8 Å². The zero-order valence-corrected chi connectivity index (χ0v) is 16.5. The van der Waals surface area contributed by atoms with E-state index in [1.54, 1.807) is 72.9 Å². The number of methoxy groups -OCH3 is 1. The summed E-state index contributed by atoms with van der Waals surface area (Å²) in [6.07, 6.45) is 1.56. The van der Waals surface area contributed by atoms with Gasteiger partial charge in [0.05, 0.1) is 30.0 Å². The predicted octanol–water partition coefficient (Wildman–Crippen LogP) is 3.59. The van der Waals surface area contributed by atoms with Crippen LogP contribution in [0.15, 0.2) is 78.5 Å². The molecule has 1 amide bonds. The molecule has 1 unspecified atom stereocenters. The smallest absolute Gasteiger partial charge is 0.300 e. The number of anilines is 1. The number of nitriles is 1. The van der Waals surface area contributed by atoms with Crippen LogP contribution < -0.4 is 9.64 Å². The Bertz CT molecular complexity index is 1210. The molecule has 4 rings (SSSR count). The summed E-state index contributed by atoms with van der Waals surface area (Å²) in [6.45, 7) is 0. The summed E-state index contributed by atoms with van der Waals surface area (Å²) in [6, 6.07) is 19.1. The van der Waals surface area contributed by atoms with Gasteiger partial charge in [0.25, 0.3) is 11.7 Å². The average Bonchev–Trinajstić information content (AvgIpc) is 3.09. The van der Waals surface area contributed by atoms with E-state index >= 15 is 0 Å². The second-order valence-corrected chi connectivity index (χ2v) is 6.81. The van der Waals surface area contributed by atoms with Crippen molar-refractivity contribution in [2.45, 2.75) is 6.04 Å². The number of ketones is 1. The normalized spacial score (nSPS) is 17.4. The van der Waals surface area contributed by atoms with Crippen LogP contribution in [0.3, 0.4) is 0 Å². The largest absolute Gasteiger partial charge is 0.507 e. The fourth-order valence-corrected chi connectivity index (χ4v) is 3.52. The molecule has 152 valence electrons. The number of aliphatic hydroxyl groups excluding tert-OH is 1. The van der Waals surface area contributed by atoms with Crippen molar-refractivity contribution < 1.29 is 19.4 Å². The fourth-order valence-electron chi connectivity index (χ4n) is 3.52. The van der Waals surface area contributed by atoms with E-state index in [-0.39, 0.29) is 11.3 Å². The van der Waals surface area contributed by atoms with Gasteiger partial charge in [-0.3, -0.25) is 19.5 Å². The zero-order chi connectivity index (χ0) is 22.0. The van der Waals surface area contributed by atoms with Gasteiger partial charge in [-0.2, -0.15) is 5.26 Å². The third-order valence-corrected chi connectivity index (χ3v) is 5.05. The molecule has 0 saturated carbocycles. The Morgan fingerprint density at radius 2 is 1.77 bits per heavy atom. The summed E-state index contributed by atoms with van der Waals surface area (Å²) < 4.78 is 5.14. The van der Waals surface area contributed by atoms with Crippen LogP contribution in [0.5, 0.6) is 5.75 Å². The van der Waals surface area contributed by atoms with Crippen molar-refractivity contribution >= 4 is 23.1 Å². The summed E-state index contributed by atoms with van der Waals surface area (Å²) in [5.74, 6) is -1.30. The monoisotopic (exact) mass is 411 g/mol. The highest BCUT2D eigenvalue weighted by atomic mass is 16.5. The van der Waals surface area contributed by atoms with Crippen LogP contribution in [0, 0.1) is 11.3 Å². The number of ether oxygens (including phenoxy) is 1. The van der Waals surface area contributed by atoms with E-state index < -0.39 is 17.7 Å². The molecule has 1 aliphatic rings. The summed E-state index contributed by atoms with van der Waals surface area (Å²) in [7, 11) is 1.53. The number of carbonyl (C=O) groups is 2. The Hall–Kier alpha value is -4.44. The third-order valence-electron chi connectivity index (χ3n) is 5.05. The lowest BCUT2D eigenvalue weighted by atomic mass is 9.98. The van der Waals surface area contributed by atoms with Crippen molar-refractivity contribution in [3.05, 3.63) is 95.3 Å². The molecule has 0 spiro atoms. The van der Waals surface area contributed by atoms with E-state index in [2.05, 4.69) is 4.98 Å². The van der Waals surface area contributed by atoms with Crippen molar-refractivity contribution in [1.82, 2.24) is 4.98 Å². The maximum Gasteiger partial charge on any atom is 0.300 e. The first-order valence-corrected chi connectivity index (χ1v) is 9.41. The number of Topliss-reactive ketones (excluding diaryl/α,β-unsaturated/α-hetero) is 1. The van der Waals surface area contributed by atoms with Crippen LogP contribution in [0.2, 0.25) is 0 Å². The number of hydrogen-bond donors (Lipinski definition) is 1. The highest BCUT2D eigenvalue weighted by Gasteiger charge is 2.47. The number of carbonyl (C=O) groups excluding carboxylic acids is 2. The number of aliphatic hydroxyl groups is 1. The second-order valence-electron chi connectivity index (χ2n) is 6.81. The van der Waals surface area contributed by atoms with Crippen molar-refractivity contribution in [2.24, 2.45) is 0 Å². The van der Waals surface area contributed by atoms with Crippen LogP contribution in [0.25, 0.3) is 5.76 Å². The Morgan fingerprint density at radius 3 is 2.35 bits per heavy atom. The van der Waals surface area contributed by atoms with Gasteiger partial charge in [-0.05, 0) is 60.7 Å². The molecule has 2 aromatic carbocycles. The molecule has 7 nitrogen and oxygen atoms in total. The number of benzene rings is 2. The van der Waals surface area contributed by atoms with E-state index in [1.807, 2.05) is 6.07 Å². The molecule has 1 aliphatic heterocycles. The molecule has 1 aromatic heterocycles. The Balaban J connectivity index is 1.90. The van der Waals surface area contributed by atoms with Gasteiger partial charge in [-0.25, -0.2) is 0 Å². The molecule has 0 aliphatic carbocycles. The molecule has 2 heterocycles. The highest BCUT2D eigenvalue weighted by Crippen LogP contribution is 2.41. The quantitative estimate of drug-likeness (QED) is 0.400. The summed E-state index contributed by atoms with van der Waals surface area (Å²) in [4.78, 5) is 31.7. The lowest BCUT2D eigenvalue weighted by molar-refractivity contribution is -0.132. The minimum Gasteiger partial charge on any atom is -0.507 e. The van der Waals surface area contributed by atoms with E-state index in [9.17, 15) is 14.7 Å². The van der Waals surface area contributed by atoms with Gasteiger partial charge in [0, 0.05) is 17.4 Å². The maximum absolute atomic E-state index is 13.0. The fraction of sp³-hybridized carbons (Fsp3) is 0.0833. The molecule has 1 N–H and O–H groups in total. The number of nitrogens with zero attached hydrogens (tertiary/aromatic N) is 3. The second kappa shape index (κ2) is 8.13. The number of hydrogen-bond acceptors (Lipinski definition) is 6. The van der Waals surface area contributed by atoms with Crippen LogP contribution in [-0.2, 0) is 9.59 Å². The van der Waals surface area contributed by atoms with E-state index in [4.69, 9.17) is 10.00 Å². The van der Waals surface area contributed by atoms with Gasteiger partial charge in [-0.1, -0.05) is 6.07 Å². The van der Waals surface area contributed by atoms with Gasteiger partial charge in [0.2, 0.25) is 0 Å². The molecule has 1 atom stereocenters. The van der Waals surface area contributed by atoms with Gasteiger partial charge >= 0.3 is 0 Å². The van der Waals surface area contributed by atoms with Crippen molar-refractivity contribution in [1.29, 1.82) is 5.26 Å². The molecule has 7 heteroatoms. The molecule has 0 radical (unpaired) electrons. The minimum atomic E-state index is -0.920. The topological polar surface area (TPSA) is 104 Å². The molecule has 1 saturated heterocycles. The highest BCUT2D eigenvalue weighted by molar-refractivity contribution is 6.51. The van der Waals surface area contributed by atoms with E-state index in [0.29, 0.717) is 28.3 Å². The van der Waals surface area contributed by atoms with Gasteiger partial charge in [0.1, 0.15) is 17.6 Å². The zero-order valence-electron chi connectivity index (χ0n) is 16.5. The lowest BCUT2D eigenvalue weighted by Crippen LogP contribution is -2.29. The molecule has 31 heavy (non-hydrogen) atoms. The van der Waals surface area contributed by atoms with Crippen LogP contribution in [0.4, 0.5) is 5.69 Å². The number of aromatic nitrogens is 1. The van der Waals surface area contributed by atoms with E-state index in [0.717, 1.165) is 0 Å². The van der Waals surface area contributed by atoms with Crippen LogP contribution in [-0.4, -0.2) is 28.9 Å². The van der Waals surface area contributed by atoms with Gasteiger partial charge in [-0.15, -0.1) is 0 Å². The third kappa shape index (κ3) is 3.51. The Kier molecular flexibility index (Phi) is 5.21. The molecular formula is C24H17N3O4. The lowest BCUT2D eigenvalue weighted by Gasteiger charge is -2.24. The number of amides is 1. The minimum absolute atomic E-state index is 0.0572. The van der Waals surface area contributed by atoms with Crippen molar-refractivity contribution in [2.75, 3.05) is 12.0 Å². The Morgan fingerprint density at radius 1 is 1.06 bits per heavy atom. The SMILES string of the molecule is COc1ccc(/C(O)=C2/C(=O)C(=O)N(c3ccc(C#N)cc3)C2c2ccccn2)cc1. The van der Waals surface area contributed by atoms with E-state index in [1.165, 1.54) is 12.0 Å². The van der Waals surface area contributed by atoms with Gasteiger partial charge < -0.3 is 9.84 Å². The first kappa shape index (κ1) is 19.9. The predicted molar refractivity (Wildman–Crippen MR) is 113 cm³/mol. The Labute approximate surface area is 178 Å². The summed E-state index contributed by atoms with van der Waals surface area (Å²) in [5.41, 5.74) is 1.59. The summed E-state index contributed by atoms with van der Waals surface area (Å²) >= 11 is 0. The van der Waals surface area contributed by atoms with Gasteiger partial charge in [0.15, 0.2) is 0 Å². The van der Waals surface area contributed by atoms with Crippen LogP contribution >= 0.6 is 0 Å². The van der Waals surface area contributed by atoms with Crippen molar-refractivity contribution in [3.63, 3.8) is 0 Å². The van der Waals surface area contributed by atoms with Crippen LogP contribution in [0.1, 0.15) is 22.9 Å². The first-order chi connectivity index (χ1) is 15.0. The number of pyridine rings is 1. The maximum atomic E-state index is 13.0.